The Hall–Kier alpha value is -4.12. The Kier molecular flexibility index (Phi) is 4.03. The van der Waals surface area contributed by atoms with Gasteiger partial charge in [0.2, 0.25) is 0 Å². The van der Waals surface area contributed by atoms with Gasteiger partial charge in [0.25, 0.3) is 0 Å². The van der Waals surface area contributed by atoms with Gasteiger partial charge in [-0.3, -0.25) is 4.68 Å². The molecule has 12 heteroatoms. The molecule has 0 radical (unpaired) electrons. The minimum Gasteiger partial charge on any atom is -0.383 e. The quantitative estimate of drug-likeness (QED) is 0.348. The van der Waals surface area contributed by atoms with E-state index in [0.717, 1.165) is 40.5 Å². The summed E-state index contributed by atoms with van der Waals surface area (Å²) in [5, 5.41) is 9.20. The fourth-order valence-electron chi connectivity index (χ4n) is 5.30. The number of anilines is 2. The number of pyridine rings is 1. The van der Waals surface area contributed by atoms with Crippen molar-refractivity contribution in [3.8, 4) is 11.3 Å². The third-order valence-corrected chi connectivity index (χ3v) is 7.40. The van der Waals surface area contributed by atoms with Crippen LogP contribution in [-0.2, 0) is 19.1 Å². The van der Waals surface area contributed by atoms with Crippen molar-refractivity contribution >= 4 is 51.2 Å². The number of amides is 2. The van der Waals surface area contributed by atoms with Crippen LogP contribution in [0.4, 0.5) is 16.3 Å². The van der Waals surface area contributed by atoms with E-state index < -0.39 is 0 Å². The molecule has 0 bridgehead atoms. The number of hydrogen-bond donors (Lipinski definition) is 3. The van der Waals surface area contributed by atoms with E-state index in [1.165, 1.54) is 6.33 Å². The maximum atomic E-state index is 13.3. The molecule has 1 aliphatic carbocycles. The maximum Gasteiger partial charge on any atom is 0.322 e. The second-order valence-corrected chi connectivity index (χ2v) is 9.62. The number of nitrogens with one attached hydrogen (secondary N) is 2. The van der Waals surface area contributed by atoms with Gasteiger partial charge in [0.1, 0.15) is 23.4 Å². The molecule has 6 heterocycles. The summed E-state index contributed by atoms with van der Waals surface area (Å²) in [6.07, 6.45) is 8.47. The predicted molar refractivity (Wildman–Crippen MR) is 132 cm³/mol. The fourth-order valence-corrected chi connectivity index (χ4v) is 5.59. The Morgan fingerprint density at radius 2 is 2.14 bits per heavy atom. The van der Waals surface area contributed by atoms with Crippen LogP contribution in [0.15, 0.2) is 37.1 Å². The molecule has 2 aliphatic rings. The number of nitrogen functional groups attached to an aromatic ring is 1. The maximum absolute atomic E-state index is 13.3. The van der Waals surface area contributed by atoms with Crippen molar-refractivity contribution in [2.75, 3.05) is 17.6 Å². The number of aromatic amines is 1. The fraction of sp³-hybridized carbons (Fsp3) is 0.261. The number of rotatable bonds is 2. The summed E-state index contributed by atoms with van der Waals surface area (Å²) in [4.78, 5) is 31.9. The van der Waals surface area contributed by atoms with Crippen molar-refractivity contribution in [2.24, 2.45) is 7.05 Å². The third kappa shape index (κ3) is 2.88. The van der Waals surface area contributed by atoms with Crippen molar-refractivity contribution in [2.45, 2.75) is 24.9 Å². The van der Waals surface area contributed by atoms with Crippen LogP contribution in [0, 0.1) is 0 Å². The number of carbonyl (C=O) groups excluding carboxylic acids is 1. The lowest BCUT2D eigenvalue weighted by atomic mass is 10.1. The van der Waals surface area contributed by atoms with E-state index in [-0.39, 0.29) is 11.6 Å². The monoisotopic (exact) mass is 488 g/mol. The van der Waals surface area contributed by atoms with E-state index >= 15 is 0 Å². The topological polar surface area (TPSA) is 136 Å². The van der Waals surface area contributed by atoms with Crippen molar-refractivity contribution in [3.63, 3.8) is 0 Å². The van der Waals surface area contributed by atoms with Gasteiger partial charge in [-0.2, -0.15) is 5.10 Å². The number of nitrogens with zero attached hydrogens (tertiary/aromatic N) is 7. The molecule has 0 atom stereocenters. The first-order chi connectivity index (χ1) is 16.9. The summed E-state index contributed by atoms with van der Waals surface area (Å²) in [5.74, 6) is 0.372. The first kappa shape index (κ1) is 20.3. The van der Waals surface area contributed by atoms with Gasteiger partial charge >= 0.3 is 6.03 Å². The summed E-state index contributed by atoms with van der Waals surface area (Å²) >= 11 is 6.87. The van der Waals surface area contributed by atoms with Crippen LogP contribution in [-0.4, -0.2) is 51.8 Å². The van der Waals surface area contributed by atoms with Crippen LogP contribution >= 0.6 is 11.6 Å². The summed E-state index contributed by atoms with van der Waals surface area (Å²) in [6.45, 7) is 0.930. The molecule has 176 valence electrons. The number of urea groups is 1. The van der Waals surface area contributed by atoms with E-state index in [4.69, 9.17) is 17.3 Å². The Labute approximate surface area is 203 Å². The highest BCUT2D eigenvalue weighted by atomic mass is 35.5. The number of halogens is 1. The van der Waals surface area contributed by atoms with Gasteiger partial charge in [-0.25, -0.2) is 19.7 Å². The molecule has 1 spiro atoms. The number of carbonyl (C=O) groups is 1. The average molecular weight is 489 g/mol. The zero-order chi connectivity index (χ0) is 23.9. The molecule has 1 fully saturated rings. The zero-order valence-electron chi connectivity index (χ0n) is 18.8. The Morgan fingerprint density at radius 1 is 1.29 bits per heavy atom. The van der Waals surface area contributed by atoms with E-state index in [1.54, 1.807) is 23.3 Å². The Morgan fingerprint density at radius 3 is 2.89 bits per heavy atom. The molecule has 0 saturated heterocycles. The van der Waals surface area contributed by atoms with E-state index in [1.807, 2.05) is 24.1 Å². The van der Waals surface area contributed by atoms with Crippen LogP contribution in [0.2, 0.25) is 5.02 Å². The normalized spacial score (nSPS) is 16.2. The first-order valence-corrected chi connectivity index (χ1v) is 11.6. The first-order valence-electron chi connectivity index (χ1n) is 11.3. The van der Waals surface area contributed by atoms with E-state index in [9.17, 15) is 4.79 Å². The molecular weight excluding hydrogens is 468 g/mol. The molecule has 35 heavy (non-hydrogen) atoms. The van der Waals surface area contributed by atoms with E-state index in [0.29, 0.717) is 41.0 Å². The van der Waals surface area contributed by atoms with Crippen LogP contribution in [0.3, 0.4) is 0 Å². The Bertz CT molecular complexity index is 1660. The lowest BCUT2D eigenvalue weighted by Gasteiger charge is -2.36. The number of H-pyrrole nitrogens is 1. The van der Waals surface area contributed by atoms with Crippen LogP contribution in [0.1, 0.15) is 18.5 Å². The number of aromatic nitrogens is 7. The van der Waals surface area contributed by atoms with Gasteiger partial charge in [0.15, 0.2) is 0 Å². The van der Waals surface area contributed by atoms with Crippen LogP contribution in [0.25, 0.3) is 33.3 Å². The van der Waals surface area contributed by atoms with Gasteiger partial charge in [0.05, 0.1) is 40.1 Å². The summed E-state index contributed by atoms with van der Waals surface area (Å²) < 4.78 is 3.90. The highest BCUT2D eigenvalue weighted by Gasteiger charge is 2.52. The summed E-state index contributed by atoms with van der Waals surface area (Å²) in [5.41, 5.74) is 10.7. The molecule has 5 aromatic rings. The highest BCUT2D eigenvalue weighted by Crippen LogP contribution is 2.53. The smallest absolute Gasteiger partial charge is 0.322 e. The lowest BCUT2D eigenvalue weighted by molar-refractivity contribution is 0.177. The number of hydrogen-bond acceptors (Lipinski definition) is 6. The molecule has 4 N–H and O–H groups in total. The minimum absolute atomic E-state index is 0.185. The molecule has 5 aromatic heterocycles. The van der Waals surface area contributed by atoms with Crippen molar-refractivity contribution in [1.82, 2.24) is 39.2 Å². The Balaban J connectivity index is 1.43. The summed E-state index contributed by atoms with van der Waals surface area (Å²) in [7, 11) is 1.81. The van der Waals surface area contributed by atoms with Crippen LogP contribution in [0.5, 0.6) is 0 Å². The highest BCUT2D eigenvalue weighted by molar-refractivity contribution is 6.38. The van der Waals surface area contributed by atoms with Crippen molar-refractivity contribution in [3.05, 3.63) is 47.8 Å². The van der Waals surface area contributed by atoms with Crippen molar-refractivity contribution in [1.29, 1.82) is 0 Å². The molecule has 7 rings (SSSR count). The SMILES string of the molecule is Cn1cc(NC(=O)N2Cc3c(-c4[nH]c5ncccc5c4Cl)c4c(N)ncnc4n3C3(CC3)C2)cn1. The van der Waals surface area contributed by atoms with Gasteiger partial charge in [-0.05, 0) is 25.0 Å². The standard InChI is InChI=1S/C23H21ClN10O/c1-32-8-12(7-29-32)30-22(35)33-9-14-15(18-17(24)13-3-2-6-26-20(13)31-18)16-19(25)27-11-28-21(16)34(14)23(10-33)4-5-23/h2-3,6-8,11H,4-5,9-10H2,1H3,(H,26,31)(H,30,35)(H2,25,27,28). The predicted octanol–water partition coefficient (Wildman–Crippen LogP) is 3.48. The van der Waals surface area contributed by atoms with Gasteiger partial charge < -0.3 is 25.5 Å². The van der Waals surface area contributed by atoms with Crippen molar-refractivity contribution < 1.29 is 4.79 Å². The van der Waals surface area contributed by atoms with Gasteiger partial charge in [-0.15, -0.1) is 0 Å². The second kappa shape index (κ2) is 6.95. The summed E-state index contributed by atoms with van der Waals surface area (Å²) in [6, 6.07) is 3.58. The van der Waals surface area contributed by atoms with Gasteiger partial charge in [0, 0.05) is 42.6 Å². The minimum atomic E-state index is -0.242. The molecular formula is C23H21ClN10O. The van der Waals surface area contributed by atoms with Gasteiger partial charge in [-0.1, -0.05) is 11.6 Å². The van der Waals surface area contributed by atoms with Crippen LogP contribution < -0.4 is 11.1 Å². The number of aryl methyl sites for hydroxylation is 1. The molecule has 1 aliphatic heterocycles. The molecule has 2 amide bonds. The third-order valence-electron chi connectivity index (χ3n) is 7.00. The number of nitrogens with two attached hydrogens (primary N) is 1. The largest absolute Gasteiger partial charge is 0.383 e. The molecule has 11 nitrogen and oxygen atoms in total. The second-order valence-electron chi connectivity index (χ2n) is 9.24. The number of fused-ring (bicyclic) bond motifs is 5. The molecule has 1 saturated carbocycles. The average Bonchev–Trinajstić information content (AvgIpc) is 3.17. The molecule has 0 aromatic carbocycles. The zero-order valence-corrected chi connectivity index (χ0v) is 19.5. The lowest BCUT2D eigenvalue weighted by Crippen LogP contribution is -2.46. The molecule has 0 unspecified atom stereocenters. The van der Waals surface area contributed by atoms with E-state index in [2.05, 4.69) is 34.9 Å².